The van der Waals surface area contributed by atoms with Crippen molar-refractivity contribution < 1.29 is 17.9 Å². The van der Waals surface area contributed by atoms with Crippen molar-refractivity contribution in [2.45, 2.75) is 45.1 Å². The number of esters is 1. The summed E-state index contributed by atoms with van der Waals surface area (Å²) in [4.78, 5) is 11.4. The fourth-order valence-electron chi connectivity index (χ4n) is 2.44. The van der Waals surface area contributed by atoms with Crippen LogP contribution in [0.4, 0.5) is 0 Å². The predicted molar refractivity (Wildman–Crippen MR) is 69.6 cm³/mol. The molecule has 0 aromatic rings. The standard InChI is InChI=1S/C12H23NO4S/c1-4-17-12(14)9-10-5-7-11(8-6-10)13(2)18(3,15)16/h10-11H,4-9H2,1-3H3. The van der Waals surface area contributed by atoms with E-state index in [2.05, 4.69) is 0 Å². The van der Waals surface area contributed by atoms with Gasteiger partial charge in [0, 0.05) is 19.5 Å². The lowest BCUT2D eigenvalue weighted by atomic mass is 9.84. The summed E-state index contributed by atoms with van der Waals surface area (Å²) in [7, 11) is -1.48. The van der Waals surface area contributed by atoms with Gasteiger partial charge in [-0.2, -0.15) is 0 Å². The Balaban J connectivity index is 2.39. The van der Waals surface area contributed by atoms with Gasteiger partial charge in [0.2, 0.25) is 10.0 Å². The van der Waals surface area contributed by atoms with Gasteiger partial charge in [-0.05, 0) is 38.5 Å². The highest BCUT2D eigenvalue weighted by molar-refractivity contribution is 7.88. The van der Waals surface area contributed by atoms with Crippen LogP contribution in [0.25, 0.3) is 0 Å². The number of nitrogens with zero attached hydrogens (tertiary/aromatic N) is 1. The molecular weight excluding hydrogens is 254 g/mol. The minimum Gasteiger partial charge on any atom is -0.466 e. The van der Waals surface area contributed by atoms with Gasteiger partial charge in [-0.1, -0.05) is 0 Å². The van der Waals surface area contributed by atoms with Gasteiger partial charge in [0.1, 0.15) is 0 Å². The number of carbonyl (C=O) groups is 1. The lowest BCUT2D eigenvalue weighted by Gasteiger charge is -2.32. The molecule has 0 radical (unpaired) electrons. The highest BCUT2D eigenvalue weighted by Crippen LogP contribution is 2.30. The van der Waals surface area contributed by atoms with E-state index in [1.165, 1.54) is 10.6 Å². The average Bonchev–Trinajstić information content (AvgIpc) is 2.28. The largest absolute Gasteiger partial charge is 0.466 e. The van der Waals surface area contributed by atoms with Crippen LogP contribution in [0.15, 0.2) is 0 Å². The summed E-state index contributed by atoms with van der Waals surface area (Å²) in [5.41, 5.74) is 0. The monoisotopic (exact) mass is 277 g/mol. The van der Waals surface area contributed by atoms with Crippen LogP contribution in [0.3, 0.4) is 0 Å². The molecule has 5 nitrogen and oxygen atoms in total. The molecule has 1 fully saturated rings. The Labute approximate surface area is 110 Å². The number of hydrogen-bond acceptors (Lipinski definition) is 4. The second-order valence-electron chi connectivity index (χ2n) is 4.96. The van der Waals surface area contributed by atoms with Gasteiger partial charge in [0.05, 0.1) is 12.9 Å². The number of sulfonamides is 1. The van der Waals surface area contributed by atoms with Crippen LogP contribution >= 0.6 is 0 Å². The van der Waals surface area contributed by atoms with Gasteiger partial charge in [-0.15, -0.1) is 0 Å². The van der Waals surface area contributed by atoms with Crippen LogP contribution in [0.2, 0.25) is 0 Å². The van der Waals surface area contributed by atoms with Gasteiger partial charge in [0.15, 0.2) is 0 Å². The van der Waals surface area contributed by atoms with Crippen LogP contribution in [-0.2, 0) is 19.6 Å². The average molecular weight is 277 g/mol. The zero-order chi connectivity index (χ0) is 13.8. The van der Waals surface area contributed by atoms with Crippen molar-refractivity contribution in [2.24, 2.45) is 5.92 Å². The summed E-state index contributed by atoms with van der Waals surface area (Å²) in [5.74, 6) is 0.200. The van der Waals surface area contributed by atoms with Crippen molar-refractivity contribution in [1.82, 2.24) is 4.31 Å². The molecule has 6 heteroatoms. The van der Waals surface area contributed by atoms with Crippen molar-refractivity contribution in [3.05, 3.63) is 0 Å². The molecule has 0 aromatic carbocycles. The third-order valence-corrected chi connectivity index (χ3v) is 4.96. The normalized spacial score (nSPS) is 25.1. The molecule has 1 aliphatic rings. The zero-order valence-corrected chi connectivity index (χ0v) is 12.2. The molecule has 0 aliphatic heterocycles. The fraction of sp³-hybridized carbons (Fsp3) is 0.917. The van der Waals surface area contributed by atoms with E-state index in [1.54, 1.807) is 14.0 Å². The van der Waals surface area contributed by atoms with Gasteiger partial charge in [-0.25, -0.2) is 12.7 Å². The Morgan fingerprint density at radius 3 is 2.28 bits per heavy atom. The Morgan fingerprint density at radius 1 is 1.28 bits per heavy atom. The minimum absolute atomic E-state index is 0.0819. The lowest BCUT2D eigenvalue weighted by molar-refractivity contribution is -0.144. The Kier molecular flexibility index (Phi) is 5.59. The smallest absolute Gasteiger partial charge is 0.306 e. The van der Waals surface area contributed by atoms with Gasteiger partial charge in [0.25, 0.3) is 0 Å². The molecule has 1 saturated carbocycles. The quantitative estimate of drug-likeness (QED) is 0.712. The summed E-state index contributed by atoms with van der Waals surface area (Å²) in [6.07, 6.45) is 5.13. The second-order valence-corrected chi connectivity index (χ2v) is 7.00. The maximum atomic E-state index is 11.4. The topological polar surface area (TPSA) is 63.7 Å². The maximum Gasteiger partial charge on any atom is 0.306 e. The molecule has 0 aromatic heterocycles. The first-order valence-corrected chi connectivity index (χ1v) is 8.28. The third kappa shape index (κ3) is 4.57. The molecule has 0 unspecified atom stereocenters. The molecular formula is C12H23NO4S. The highest BCUT2D eigenvalue weighted by Gasteiger charge is 2.29. The fourth-order valence-corrected chi connectivity index (χ4v) is 3.19. The van der Waals surface area contributed by atoms with Crippen molar-refractivity contribution in [1.29, 1.82) is 0 Å². The van der Waals surface area contributed by atoms with E-state index in [9.17, 15) is 13.2 Å². The summed E-state index contributed by atoms with van der Waals surface area (Å²) < 4.78 is 29.2. The first-order valence-electron chi connectivity index (χ1n) is 6.43. The van der Waals surface area contributed by atoms with E-state index in [0.717, 1.165) is 25.7 Å². The van der Waals surface area contributed by atoms with Crippen LogP contribution in [-0.4, -0.2) is 44.6 Å². The molecule has 0 spiro atoms. The number of rotatable bonds is 5. The van der Waals surface area contributed by atoms with E-state index in [0.29, 0.717) is 18.9 Å². The number of hydrogen-bond donors (Lipinski definition) is 0. The van der Waals surface area contributed by atoms with Gasteiger partial charge >= 0.3 is 5.97 Å². The maximum absolute atomic E-state index is 11.4. The molecule has 0 N–H and O–H groups in total. The highest BCUT2D eigenvalue weighted by atomic mass is 32.2. The molecule has 0 amide bonds. The molecule has 0 saturated heterocycles. The second kappa shape index (κ2) is 6.52. The summed E-state index contributed by atoms with van der Waals surface area (Å²) in [6.45, 7) is 2.22. The van der Waals surface area contributed by atoms with E-state index < -0.39 is 10.0 Å². The zero-order valence-electron chi connectivity index (χ0n) is 11.4. The molecule has 0 heterocycles. The Morgan fingerprint density at radius 2 is 1.83 bits per heavy atom. The van der Waals surface area contributed by atoms with Crippen molar-refractivity contribution in [3.8, 4) is 0 Å². The van der Waals surface area contributed by atoms with E-state index in [1.807, 2.05) is 0 Å². The van der Waals surface area contributed by atoms with Crippen molar-refractivity contribution in [3.63, 3.8) is 0 Å². The summed E-state index contributed by atoms with van der Waals surface area (Å²) in [6, 6.07) is 0.0819. The predicted octanol–water partition coefficient (Wildman–Crippen LogP) is 1.39. The van der Waals surface area contributed by atoms with Crippen LogP contribution in [0.5, 0.6) is 0 Å². The first kappa shape index (κ1) is 15.4. The van der Waals surface area contributed by atoms with E-state index in [4.69, 9.17) is 4.74 Å². The van der Waals surface area contributed by atoms with Crippen LogP contribution in [0.1, 0.15) is 39.0 Å². The summed E-state index contributed by atoms with van der Waals surface area (Å²) >= 11 is 0. The molecule has 0 bridgehead atoms. The van der Waals surface area contributed by atoms with Gasteiger partial charge in [-0.3, -0.25) is 4.79 Å². The minimum atomic E-state index is -3.11. The van der Waals surface area contributed by atoms with Crippen molar-refractivity contribution >= 4 is 16.0 Å². The first-order chi connectivity index (χ1) is 8.34. The van der Waals surface area contributed by atoms with Gasteiger partial charge < -0.3 is 4.74 Å². The van der Waals surface area contributed by atoms with E-state index >= 15 is 0 Å². The molecule has 18 heavy (non-hydrogen) atoms. The Hall–Kier alpha value is -0.620. The lowest BCUT2D eigenvalue weighted by Crippen LogP contribution is -2.39. The molecule has 1 rings (SSSR count). The Bertz CT molecular complexity index is 372. The van der Waals surface area contributed by atoms with E-state index in [-0.39, 0.29) is 12.0 Å². The summed E-state index contributed by atoms with van der Waals surface area (Å²) in [5, 5.41) is 0. The van der Waals surface area contributed by atoms with Crippen LogP contribution < -0.4 is 0 Å². The van der Waals surface area contributed by atoms with Crippen molar-refractivity contribution in [2.75, 3.05) is 19.9 Å². The molecule has 1 aliphatic carbocycles. The number of ether oxygens (including phenoxy) is 1. The SMILES string of the molecule is CCOC(=O)CC1CCC(N(C)S(C)(=O)=O)CC1. The molecule has 0 atom stereocenters. The number of carbonyl (C=O) groups excluding carboxylic acids is 1. The van der Waals surface area contributed by atoms with Crippen LogP contribution in [0, 0.1) is 5.92 Å². The molecule has 106 valence electrons. The third-order valence-electron chi connectivity index (χ3n) is 3.61.